The second kappa shape index (κ2) is 6.48. The Labute approximate surface area is 109 Å². The number of aromatic nitrogens is 4. The summed E-state index contributed by atoms with van der Waals surface area (Å²) in [6, 6.07) is 9.46. The van der Waals surface area contributed by atoms with E-state index in [1.165, 1.54) is 4.80 Å². The zero-order valence-electron chi connectivity index (χ0n) is 10.3. The molecule has 0 unspecified atom stereocenters. The van der Waals surface area contributed by atoms with Gasteiger partial charge in [-0.3, -0.25) is 4.79 Å². The van der Waals surface area contributed by atoms with E-state index in [0.29, 0.717) is 18.9 Å². The highest BCUT2D eigenvalue weighted by atomic mass is 16.5. The molecule has 7 heteroatoms. The van der Waals surface area contributed by atoms with Crippen molar-refractivity contribution >= 4 is 5.97 Å². The first-order chi connectivity index (χ1) is 9.24. The van der Waals surface area contributed by atoms with E-state index in [1.807, 2.05) is 30.3 Å². The number of carboxylic acids is 1. The number of ether oxygens (including phenoxy) is 1. The second-order valence-corrected chi connectivity index (χ2v) is 3.86. The minimum absolute atomic E-state index is 0.0175. The summed E-state index contributed by atoms with van der Waals surface area (Å²) in [5, 5.41) is 20.2. The molecule has 1 aromatic heterocycles. The van der Waals surface area contributed by atoms with Crippen LogP contribution < -0.4 is 4.74 Å². The summed E-state index contributed by atoms with van der Waals surface area (Å²) >= 11 is 0. The normalized spacial score (nSPS) is 10.3. The number of nitrogens with zero attached hydrogens (tertiary/aromatic N) is 4. The number of hydrogen-bond acceptors (Lipinski definition) is 5. The predicted octanol–water partition coefficient (Wildman–Crippen LogP) is 0.769. The quantitative estimate of drug-likeness (QED) is 0.792. The van der Waals surface area contributed by atoms with Gasteiger partial charge in [0.25, 0.3) is 0 Å². The lowest BCUT2D eigenvalue weighted by atomic mass is 10.3. The highest BCUT2D eigenvalue weighted by molar-refractivity contribution is 5.66. The van der Waals surface area contributed by atoms with Crippen molar-refractivity contribution in [3.63, 3.8) is 0 Å². The standard InChI is InChI=1S/C12H14N4O3/c17-12(18)6-8-16-14-11(13-15-16)7-9-19-10-4-2-1-3-5-10/h1-5H,6-9H2,(H,17,18). The Morgan fingerprint density at radius 3 is 2.84 bits per heavy atom. The highest BCUT2D eigenvalue weighted by Crippen LogP contribution is 2.08. The first-order valence-electron chi connectivity index (χ1n) is 5.90. The lowest BCUT2D eigenvalue weighted by Gasteiger charge is -2.02. The lowest BCUT2D eigenvalue weighted by Crippen LogP contribution is -2.08. The van der Waals surface area contributed by atoms with Crippen molar-refractivity contribution in [2.45, 2.75) is 19.4 Å². The summed E-state index contributed by atoms with van der Waals surface area (Å²) in [7, 11) is 0. The van der Waals surface area contributed by atoms with E-state index in [-0.39, 0.29) is 13.0 Å². The van der Waals surface area contributed by atoms with Gasteiger partial charge in [-0.15, -0.1) is 10.2 Å². The van der Waals surface area contributed by atoms with Gasteiger partial charge in [-0.2, -0.15) is 4.80 Å². The fourth-order valence-electron chi connectivity index (χ4n) is 1.44. The number of aryl methyl sites for hydroxylation is 1. The zero-order valence-corrected chi connectivity index (χ0v) is 10.3. The molecule has 0 aliphatic carbocycles. The Morgan fingerprint density at radius 2 is 2.11 bits per heavy atom. The van der Waals surface area contributed by atoms with Crippen molar-refractivity contribution in [3.8, 4) is 5.75 Å². The van der Waals surface area contributed by atoms with E-state index in [4.69, 9.17) is 9.84 Å². The van der Waals surface area contributed by atoms with E-state index in [1.54, 1.807) is 0 Å². The molecule has 0 amide bonds. The minimum Gasteiger partial charge on any atom is -0.493 e. The second-order valence-electron chi connectivity index (χ2n) is 3.86. The number of hydrogen-bond donors (Lipinski definition) is 1. The maximum absolute atomic E-state index is 10.4. The molecule has 0 radical (unpaired) electrons. The minimum atomic E-state index is -0.883. The Kier molecular flexibility index (Phi) is 4.44. The summed E-state index contributed by atoms with van der Waals surface area (Å²) in [6.07, 6.45) is 0.512. The summed E-state index contributed by atoms with van der Waals surface area (Å²) in [5.74, 6) is 0.452. The van der Waals surface area contributed by atoms with Gasteiger partial charge in [0.1, 0.15) is 5.75 Å². The molecular weight excluding hydrogens is 248 g/mol. The maximum atomic E-state index is 10.4. The van der Waals surface area contributed by atoms with Gasteiger partial charge in [-0.1, -0.05) is 18.2 Å². The number of para-hydroxylation sites is 1. The van der Waals surface area contributed by atoms with Crippen LogP contribution in [0, 0.1) is 0 Å². The van der Waals surface area contributed by atoms with Crippen LogP contribution in [0.2, 0.25) is 0 Å². The largest absolute Gasteiger partial charge is 0.493 e. The summed E-state index contributed by atoms with van der Waals surface area (Å²) < 4.78 is 5.51. The molecule has 0 atom stereocenters. The molecule has 19 heavy (non-hydrogen) atoms. The zero-order chi connectivity index (χ0) is 13.5. The molecule has 1 heterocycles. The predicted molar refractivity (Wildman–Crippen MR) is 65.7 cm³/mol. The fraction of sp³-hybridized carbons (Fsp3) is 0.333. The molecule has 0 aliphatic heterocycles. The molecule has 7 nitrogen and oxygen atoms in total. The van der Waals surface area contributed by atoms with Gasteiger partial charge >= 0.3 is 5.97 Å². The van der Waals surface area contributed by atoms with Gasteiger partial charge in [0.15, 0.2) is 5.82 Å². The number of benzene rings is 1. The molecule has 0 spiro atoms. The number of rotatable bonds is 7. The van der Waals surface area contributed by atoms with Gasteiger partial charge < -0.3 is 9.84 Å². The number of aliphatic carboxylic acids is 1. The van der Waals surface area contributed by atoms with Crippen molar-refractivity contribution in [1.82, 2.24) is 20.2 Å². The third-order valence-corrected chi connectivity index (χ3v) is 2.36. The number of tetrazole rings is 1. The fourth-order valence-corrected chi connectivity index (χ4v) is 1.44. The van der Waals surface area contributed by atoms with E-state index in [9.17, 15) is 4.79 Å². The van der Waals surface area contributed by atoms with Crippen LogP contribution in [0.1, 0.15) is 12.2 Å². The third kappa shape index (κ3) is 4.38. The summed E-state index contributed by atoms with van der Waals surface area (Å²) in [5.41, 5.74) is 0. The van der Waals surface area contributed by atoms with Crippen LogP contribution in [0.15, 0.2) is 30.3 Å². The molecule has 0 saturated carbocycles. The van der Waals surface area contributed by atoms with Crippen LogP contribution >= 0.6 is 0 Å². The Balaban J connectivity index is 1.76. The van der Waals surface area contributed by atoms with E-state index >= 15 is 0 Å². The molecule has 1 aromatic carbocycles. The van der Waals surface area contributed by atoms with Gasteiger partial charge in [0.2, 0.25) is 0 Å². The average Bonchev–Trinajstić information content (AvgIpc) is 2.86. The molecule has 2 rings (SSSR count). The lowest BCUT2D eigenvalue weighted by molar-refractivity contribution is -0.137. The van der Waals surface area contributed by atoms with Crippen LogP contribution in [0.5, 0.6) is 5.75 Å². The monoisotopic (exact) mass is 262 g/mol. The van der Waals surface area contributed by atoms with E-state index in [0.717, 1.165) is 5.75 Å². The van der Waals surface area contributed by atoms with Crippen molar-refractivity contribution in [2.24, 2.45) is 0 Å². The van der Waals surface area contributed by atoms with Crippen molar-refractivity contribution in [1.29, 1.82) is 0 Å². The number of carbonyl (C=O) groups is 1. The average molecular weight is 262 g/mol. The topological polar surface area (TPSA) is 90.1 Å². The van der Waals surface area contributed by atoms with Gasteiger partial charge in [0.05, 0.1) is 19.6 Å². The van der Waals surface area contributed by atoms with Gasteiger partial charge in [-0.05, 0) is 17.3 Å². The Morgan fingerprint density at radius 1 is 1.32 bits per heavy atom. The third-order valence-electron chi connectivity index (χ3n) is 2.36. The maximum Gasteiger partial charge on any atom is 0.305 e. The Bertz CT molecular complexity index is 527. The SMILES string of the molecule is O=C(O)CCn1nnc(CCOc2ccccc2)n1. The molecule has 0 aliphatic rings. The van der Waals surface area contributed by atoms with Gasteiger partial charge in [-0.25, -0.2) is 0 Å². The molecule has 1 N–H and O–H groups in total. The molecule has 0 fully saturated rings. The molecule has 0 saturated heterocycles. The van der Waals surface area contributed by atoms with Crippen molar-refractivity contribution in [3.05, 3.63) is 36.2 Å². The molecule has 2 aromatic rings. The van der Waals surface area contributed by atoms with Crippen molar-refractivity contribution < 1.29 is 14.6 Å². The summed E-state index contributed by atoms with van der Waals surface area (Å²) in [6.45, 7) is 0.677. The van der Waals surface area contributed by atoms with E-state index < -0.39 is 5.97 Å². The molecule has 100 valence electrons. The van der Waals surface area contributed by atoms with Crippen molar-refractivity contribution in [2.75, 3.05) is 6.61 Å². The number of carboxylic acid groups (broad SMARTS) is 1. The van der Waals surface area contributed by atoms with Crippen LogP contribution in [-0.4, -0.2) is 37.9 Å². The van der Waals surface area contributed by atoms with Crippen LogP contribution in [0.25, 0.3) is 0 Å². The molecular formula is C12H14N4O3. The van der Waals surface area contributed by atoms with Crippen LogP contribution in [0.4, 0.5) is 0 Å². The highest BCUT2D eigenvalue weighted by Gasteiger charge is 2.05. The molecule has 0 bridgehead atoms. The first-order valence-corrected chi connectivity index (χ1v) is 5.90. The van der Waals surface area contributed by atoms with E-state index in [2.05, 4.69) is 15.4 Å². The first kappa shape index (κ1) is 13.0. The Hall–Kier alpha value is -2.44. The van der Waals surface area contributed by atoms with Gasteiger partial charge in [0, 0.05) is 6.42 Å². The smallest absolute Gasteiger partial charge is 0.305 e. The van der Waals surface area contributed by atoms with Crippen LogP contribution in [0.3, 0.4) is 0 Å². The summed E-state index contributed by atoms with van der Waals surface area (Å²) in [4.78, 5) is 11.7. The van der Waals surface area contributed by atoms with Crippen LogP contribution in [-0.2, 0) is 17.8 Å².